The van der Waals surface area contributed by atoms with E-state index in [-0.39, 0.29) is 30.8 Å². The summed E-state index contributed by atoms with van der Waals surface area (Å²) < 4.78 is 4.75. The third-order valence-corrected chi connectivity index (χ3v) is 2.98. The van der Waals surface area contributed by atoms with Crippen LogP contribution in [0.5, 0.6) is 0 Å². The van der Waals surface area contributed by atoms with Crippen LogP contribution in [0.2, 0.25) is 0 Å². The van der Waals surface area contributed by atoms with E-state index in [1.807, 2.05) is 6.92 Å². The van der Waals surface area contributed by atoms with E-state index in [0.717, 1.165) is 25.8 Å². The van der Waals surface area contributed by atoms with Gasteiger partial charge in [-0.25, -0.2) is 0 Å². The molecule has 17 heavy (non-hydrogen) atoms. The zero-order valence-electron chi connectivity index (χ0n) is 10.4. The van der Waals surface area contributed by atoms with E-state index in [0.29, 0.717) is 6.61 Å². The van der Waals surface area contributed by atoms with Gasteiger partial charge in [-0.1, -0.05) is 6.92 Å². The zero-order chi connectivity index (χ0) is 12.0. The van der Waals surface area contributed by atoms with Crippen molar-refractivity contribution in [2.75, 3.05) is 19.7 Å². The topological polar surface area (TPSA) is 67.4 Å². The predicted molar refractivity (Wildman–Crippen MR) is 67.1 cm³/mol. The maximum atomic E-state index is 11.9. The summed E-state index contributed by atoms with van der Waals surface area (Å²) in [7, 11) is 0. The SMILES string of the molecule is CCOC(=O)CNC(=O)C1(CC)CCCN1.Cl. The van der Waals surface area contributed by atoms with Crippen LogP contribution in [-0.4, -0.2) is 37.1 Å². The molecule has 0 spiro atoms. The maximum absolute atomic E-state index is 11.9. The van der Waals surface area contributed by atoms with Crippen molar-refractivity contribution in [3.8, 4) is 0 Å². The molecule has 0 saturated carbocycles. The number of hydrogen-bond acceptors (Lipinski definition) is 4. The first kappa shape index (κ1) is 16.2. The van der Waals surface area contributed by atoms with Gasteiger partial charge in [0.05, 0.1) is 12.1 Å². The Labute approximate surface area is 108 Å². The third kappa shape index (κ3) is 4.16. The second-order valence-corrected chi connectivity index (χ2v) is 3.95. The standard InChI is InChI=1S/C11H20N2O3.ClH/c1-3-11(6-5-7-13-11)10(15)12-8-9(14)16-4-2;/h13H,3-8H2,1-2H3,(H,12,15);1H. The molecule has 0 bridgehead atoms. The molecule has 2 N–H and O–H groups in total. The number of carbonyl (C=O) groups is 2. The van der Waals surface area contributed by atoms with Crippen molar-refractivity contribution >= 4 is 24.3 Å². The normalized spacial score (nSPS) is 22.7. The van der Waals surface area contributed by atoms with Gasteiger partial charge < -0.3 is 15.4 Å². The maximum Gasteiger partial charge on any atom is 0.325 e. The Balaban J connectivity index is 0.00000256. The Morgan fingerprint density at radius 2 is 2.12 bits per heavy atom. The minimum atomic E-state index is -0.480. The van der Waals surface area contributed by atoms with Crippen LogP contribution in [0.4, 0.5) is 0 Å². The summed E-state index contributed by atoms with van der Waals surface area (Å²) in [6.07, 6.45) is 2.57. The van der Waals surface area contributed by atoms with Gasteiger partial charge in [0.15, 0.2) is 0 Å². The molecule has 5 nitrogen and oxygen atoms in total. The number of amides is 1. The summed E-state index contributed by atoms with van der Waals surface area (Å²) in [5.41, 5.74) is -0.480. The first-order chi connectivity index (χ1) is 7.64. The Hall–Kier alpha value is -0.810. The first-order valence-corrected chi connectivity index (χ1v) is 5.83. The van der Waals surface area contributed by atoms with Crippen LogP contribution in [0, 0.1) is 0 Å². The quantitative estimate of drug-likeness (QED) is 0.715. The van der Waals surface area contributed by atoms with Gasteiger partial charge in [0.1, 0.15) is 6.54 Å². The number of nitrogens with one attached hydrogen (secondary N) is 2. The highest BCUT2D eigenvalue weighted by molar-refractivity contribution is 5.89. The molecule has 1 unspecified atom stereocenters. The summed E-state index contributed by atoms with van der Waals surface area (Å²) in [5, 5.41) is 5.84. The molecule has 1 heterocycles. The van der Waals surface area contributed by atoms with Crippen molar-refractivity contribution in [3.63, 3.8) is 0 Å². The van der Waals surface area contributed by atoms with E-state index in [1.54, 1.807) is 6.92 Å². The number of rotatable bonds is 5. The summed E-state index contributed by atoms with van der Waals surface area (Å²) in [6, 6.07) is 0. The van der Waals surface area contributed by atoms with Crippen molar-refractivity contribution in [1.82, 2.24) is 10.6 Å². The molecular formula is C11H21ClN2O3. The van der Waals surface area contributed by atoms with Crippen molar-refractivity contribution in [2.24, 2.45) is 0 Å². The molecule has 1 aliphatic heterocycles. The van der Waals surface area contributed by atoms with Gasteiger partial charge >= 0.3 is 5.97 Å². The van der Waals surface area contributed by atoms with E-state index in [9.17, 15) is 9.59 Å². The molecule has 6 heteroatoms. The van der Waals surface area contributed by atoms with Crippen molar-refractivity contribution in [2.45, 2.75) is 38.6 Å². The van der Waals surface area contributed by atoms with Gasteiger partial charge in [-0.2, -0.15) is 0 Å². The highest BCUT2D eigenvalue weighted by atomic mass is 35.5. The summed E-state index contributed by atoms with van der Waals surface area (Å²) in [5.74, 6) is -0.486. The second-order valence-electron chi connectivity index (χ2n) is 3.95. The summed E-state index contributed by atoms with van der Waals surface area (Å²) in [4.78, 5) is 23.0. The molecule has 0 aromatic rings. The van der Waals surface area contributed by atoms with Crippen LogP contribution in [0.3, 0.4) is 0 Å². The van der Waals surface area contributed by atoms with Crippen molar-refractivity contribution in [3.05, 3.63) is 0 Å². The van der Waals surface area contributed by atoms with Gasteiger partial charge in [-0.05, 0) is 32.7 Å². The fourth-order valence-electron chi connectivity index (χ4n) is 2.00. The molecule has 1 amide bonds. The van der Waals surface area contributed by atoms with Crippen LogP contribution in [0.25, 0.3) is 0 Å². The van der Waals surface area contributed by atoms with Gasteiger partial charge in [-0.3, -0.25) is 9.59 Å². The molecule has 0 aliphatic carbocycles. The van der Waals surface area contributed by atoms with Gasteiger partial charge in [0, 0.05) is 0 Å². The molecule has 1 aliphatic rings. The van der Waals surface area contributed by atoms with Crippen LogP contribution in [-0.2, 0) is 14.3 Å². The second kappa shape index (κ2) is 7.50. The lowest BCUT2D eigenvalue weighted by Crippen LogP contribution is -2.54. The largest absolute Gasteiger partial charge is 0.465 e. The number of carbonyl (C=O) groups excluding carboxylic acids is 2. The molecule has 1 atom stereocenters. The minimum absolute atomic E-state index is 0. The van der Waals surface area contributed by atoms with Crippen molar-refractivity contribution < 1.29 is 14.3 Å². The van der Waals surface area contributed by atoms with E-state index in [4.69, 9.17) is 4.74 Å². The summed E-state index contributed by atoms with van der Waals surface area (Å²) in [6.45, 7) is 4.87. The average Bonchev–Trinajstić information content (AvgIpc) is 2.76. The van der Waals surface area contributed by atoms with E-state index in [1.165, 1.54) is 0 Å². The lowest BCUT2D eigenvalue weighted by Gasteiger charge is -2.26. The Morgan fingerprint density at radius 3 is 2.59 bits per heavy atom. The first-order valence-electron chi connectivity index (χ1n) is 5.83. The smallest absolute Gasteiger partial charge is 0.325 e. The molecule has 100 valence electrons. The van der Waals surface area contributed by atoms with Crippen LogP contribution < -0.4 is 10.6 Å². The summed E-state index contributed by atoms with van der Waals surface area (Å²) >= 11 is 0. The van der Waals surface area contributed by atoms with Crippen LogP contribution in [0.1, 0.15) is 33.1 Å². The lowest BCUT2D eigenvalue weighted by atomic mass is 9.93. The molecule has 1 saturated heterocycles. The Morgan fingerprint density at radius 1 is 1.41 bits per heavy atom. The average molecular weight is 265 g/mol. The molecule has 1 fully saturated rings. The molecular weight excluding hydrogens is 244 g/mol. The van der Waals surface area contributed by atoms with E-state index < -0.39 is 5.54 Å². The molecule has 0 aromatic carbocycles. The zero-order valence-corrected chi connectivity index (χ0v) is 11.2. The van der Waals surface area contributed by atoms with Crippen molar-refractivity contribution in [1.29, 1.82) is 0 Å². The van der Waals surface area contributed by atoms with E-state index >= 15 is 0 Å². The van der Waals surface area contributed by atoms with Crippen LogP contribution in [0.15, 0.2) is 0 Å². The number of esters is 1. The molecule has 0 radical (unpaired) electrons. The lowest BCUT2D eigenvalue weighted by molar-refractivity contribution is -0.144. The number of halogens is 1. The van der Waals surface area contributed by atoms with Gasteiger partial charge in [-0.15, -0.1) is 12.4 Å². The Kier molecular flexibility index (Phi) is 7.15. The number of ether oxygens (including phenoxy) is 1. The monoisotopic (exact) mass is 264 g/mol. The Bertz CT molecular complexity index is 265. The fourth-order valence-corrected chi connectivity index (χ4v) is 2.00. The fraction of sp³-hybridized carbons (Fsp3) is 0.818. The number of hydrogen-bond donors (Lipinski definition) is 2. The highest BCUT2D eigenvalue weighted by Crippen LogP contribution is 2.22. The minimum Gasteiger partial charge on any atom is -0.465 e. The molecule has 0 aromatic heterocycles. The molecule has 1 rings (SSSR count). The third-order valence-electron chi connectivity index (χ3n) is 2.98. The predicted octanol–water partition coefficient (Wildman–Crippen LogP) is 0.620. The van der Waals surface area contributed by atoms with Gasteiger partial charge in [0.25, 0.3) is 0 Å². The van der Waals surface area contributed by atoms with E-state index in [2.05, 4.69) is 10.6 Å². The van der Waals surface area contributed by atoms with Crippen LogP contribution >= 0.6 is 12.4 Å². The van der Waals surface area contributed by atoms with Gasteiger partial charge in [0.2, 0.25) is 5.91 Å². The highest BCUT2D eigenvalue weighted by Gasteiger charge is 2.38.